The average Bonchev–Trinajstić information content (AvgIpc) is 3.13. The second-order valence-electron chi connectivity index (χ2n) is 9.93. The van der Waals surface area contributed by atoms with Crippen molar-refractivity contribution in [3.8, 4) is 0 Å². The number of nitrogens with zero attached hydrogens (tertiary/aromatic N) is 2. The molecule has 2 amide bonds. The number of quaternary nitrogens is 1. The van der Waals surface area contributed by atoms with Gasteiger partial charge in [-0.25, -0.2) is 4.79 Å². The number of aromatic nitrogens is 1. The minimum atomic E-state index is -4.23. The maximum Gasteiger partial charge on any atom is 0.340 e. The van der Waals surface area contributed by atoms with Gasteiger partial charge in [-0.3, -0.25) is 9.78 Å². The largest absolute Gasteiger partial charge is 0.348 e. The summed E-state index contributed by atoms with van der Waals surface area (Å²) in [4.78, 5) is 30.8. The molecule has 0 saturated carbocycles. The van der Waals surface area contributed by atoms with Crippen LogP contribution in [0.15, 0.2) is 71.9 Å². The molecule has 5 rings (SSSR count). The number of piperidine rings is 1. The summed E-state index contributed by atoms with van der Waals surface area (Å²) >= 11 is 6.25. The van der Waals surface area contributed by atoms with E-state index < -0.39 is 31.3 Å². The fourth-order valence-electron chi connectivity index (χ4n) is 6.24. The molecule has 198 valence electrons. The van der Waals surface area contributed by atoms with Crippen molar-refractivity contribution < 1.29 is 18.0 Å². The van der Waals surface area contributed by atoms with Crippen molar-refractivity contribution in [3.05, 3.63) is 88.7 Å². The number of pyridine rings is 1. The van der Waals surface area contributed by atoms with Crippen LogP contribution < -0.4 is 14.5 Å². The predicted molar refractivity (Wildman–Crippen MR) is 146 cm³/mol. The van der Waals surface area contributed by atoms with Gasteiger partial charge in [-0.05, 0) is 68.8 Å². The lowest BCUT2D eigenvalue weighted by Crippen LogP contribution is -2.65. The topological polar surface area (TPSA) is 105 Å². The number of carbonyl (C=O) groups excluding carboxylic acids is 2. The quantitative estimate of drug-likeness (QED) is 0.464. The first-order chi connectivity index (χ1) is 18.2. The fraction of sp³-hybridized carbons (Fsp3) is 0.321. The molecule has 2 N–H and O–H groups in total. The molecule has 3 heterocycles. The first-order valence-electron chi connectivity index (χ1n) is 12.6. The van der Waals surface area contributed by atoms with Crippen molar-refractivity contribution in [1.82, 2.24) is 19.5 Å². The van der Waals surface area contributed by atoms with Crippen LogP contribution in [-0.4, -0.2) is 44.3 Å². The normalized spacial score (nSPS) is 22.1. The van der Waals surface area contributed by atoms with E-state index in [0.717, 1.165) is 11.1 Å². The Kier molecular flexibility index (Phi) is 6.89. The molecule has 8 nitrogen and oxygen atoms in total. The Labute approximate surface area is 227 Å². The smallest absolute Gasteiger partial charge is 0.340 e. The molecule has 0 radical (unpaired) electrons. The van der Waals surface area contributed by atoms with E-state index in [2.05, 4.69) is 15.6 Å². The molecule has 10 heteroatoms. The number of benzene rings is 2. The number of nitrogens with one attached hydrogen (secondary N) is 2. The molecule has 1 aromatic heterocycles. The zero-order chi connectivity index (χ0) is 27.1. The third kappa shape index (κ3) is 3.88. The van der Waals surface area contributed by atoms with E-state index >= 15 is 0 Å². The molecule has 1 saturated heterocycles. The van der Waals surface area contributed by atoms with Gasteiger partial charge in [-0.1, -0.05) is 29.8 Å². The maximum absolute atomic E-state index is 14.3. The lowest BCUT2D eigenvalue weighted by Gasteiger charge is -2.41. The summed E-state index contributed by atoms with van der Waals surface area (Å²) < 4.78 is 27.8. The zero-order valence-electron chi connectivity index (χ0n) is 21.3. The molecule has 38 heavy (non-hydrogen) atoms. The molecular weight excluding hydrogens is 524 g/mol. The molecule has 3 aromatic rings. The summed E-state index contributed by atoms with van der Waals surface area (Å²) in [5.74, 6) is -0.790. The van der Waals surface area contributed by atoms with Crippen LogP contribution in [0.3, 0.4) is 0 Å². The van der Waals surface area contributed by atoms with E-state index in [4.69, 9.17) is 11.6 Å². The monoisotopic (exact) mass is 553 g/mol. The first kappa shape index (κ1) is 26.5. The van der Waals surface area contributed by atoms with Crippen molar-refractivity contribution in [3.63, 3.8) is 0 Å². The summed E-state index contributed by atoms with van der Waals surface area (Å²) in [6, 6.07) is 14.7. The van der Waals surface area contributed by atoms with E-state index in [1.807, 2.05) is 25.1 Å². The summed E-state index contributed by atoms with van der Waals surface area (Å²) in [6.45, 7) is 4.79. The highest BCUT2D eigenvalue weighted by molar-refractivity contribution is 7.91. The number of rotatable bonds is 5. The molecule has 2 unspecified atom stereocenters. The first-order valence-corrected chi connectivity index (χ1v) is 14.4. The second kappa shape index (κ2) is 9.89. The van der Waals surface area contributed by atoms with E-state index in [1.54, 1.807) is 30.3 Å². The highest BCUT2D eigenvalue weighted by atomic mass is 35.5. The van der Waals surface area contributed by atoms with Crippen molar-refractivity contribution in [2.24, 2.45) is 0 Å². The molecule has 2 aliphatic rings. The Hall–Kier alpha value is -3.11. The highest BCUT2D eigenvalue weighted by Gasteiger charge is 2.68. The Balaban J connectivity index is 1.64. The predicted octanol–water partition coefficient (Wildman–Crippen LogP) is 3.93. The molecule has 2 aliphatic heterocycles. The van der Waals surface area contributed by atoms with Gasteiger partial charge in [-0.2, -0.15) is 8.42 Å². The lowest BCUT2D eigenvalue weighted by atomic mass is 9.70. The number of hydrogen-bond donors (Lipinski definition) is 2. The van der Waals surface area contributed by atoms with Crippen molar-refractivity contribution >= 4 is 39.1 Å². The standard InChI is InChI=1S/C28H29ClN4O4S/c1-19-28(11-14-30-15-12-28)24-16-21(27(35)32-17-22-6-3-4-8-25(22)29)9-10-26(24)33(19,20(2)34)38(36,37)23-7-5-13-31-18-23/h3-10,13,16,18-19,30H,11-12,14-15,17H2,1-2H3/p+1. The molecule has 0 aliphatic carbocycles. The van der Waals surface area contributed by atoms with E-state index in [9.17, 15) is 18.0 Å². The Morgan fingerprint density at radius 3 is 2.53 bits per heavy atom. The van der Waals surface area contributed by atoms with Crippen LogP contribution >= 0.6 is 11.6 Å². The van der Waals surface area contributed by atoms with Crippen LogP contribution in [0, 0.1) is 0 Å². The number of fused-ring (bicyclic) bond motifs is 2. The van der Waals surface area contributed by atoms with Gasteiger partial charge in [0.1, 0.15) is 10.9 Å². The summed E-state index contributed by atoms with van der Waals surface area (Å²) in [7, 11) is -4.23. The summed E-state index contributed by atoms with van der Waals surface area (Å²) in [6.07, 6.45) is 4.07. The number of hydrogen-bond acceptors (Lipinski definition) is 6. The lowest BCUT2D eigenvalue weighted by molar-refractivity contribution is -0.125. The van der Waals surface area contributed by atoms with Gasteiger partial charge in [0, 0.05) is 35.0 Å². The van der Waals surface area contributed by atoms with Crippen LogP contribution in [0.4, 0.5) is 5.69 Å². The van der Waals surface area contributed by atoms with E-state index in [1.165, 1.54) is 25.4 Å². The van der Waals surface area contributed by atoms with E-state index in [-0.39, 0.29) is 17.3 Å². The van der Waals surface area contributed by atoms with Crippen LogP contribution in [0.5, 0.6) is 0 Å². The van der Waals surface area contributed by atoms with E-state index in [0.29, 0.717) is 42.2 Å². The molecule has 0 bridgehead atoms. The van der Waals surface area contributed by atoms with Crippen LogP contribution in [-0.2, 0) is 26.8 Å². The number of sulfonamides is 1. The minimum Gasteiger partial charge on any atom is -0.348 e. The fourth-order valence-corrected chi connectivity index (χ4v) is 8.60. The Bertz CT molecular complexity index is 1510. The summed E-state index contributed by atoms with van der Waals surface area (Å²) in [5, 5.41) is 6.83. The third-order valence-electron chi connectivity index (χ3n) is 8.17. The Morgan fingerprint density at radius 1 is 1.13 bits per heavy atom. The molecule has 2 atom stereocenters. The number of halogens is 1. The second-order valence-corrected chi connectivity index (χ2v) is 12.3. The third-order valence-corrected chi connectivity index (χ3v) is 10.9. The molecule has 2 aromatic carbocycles. The van der Waals surface area contributed by atoms with Crippen molar-refractivity contribution in [1.29, 1.82) is 0 Å². The van der Waals surface area contributed by atoms with Gasteiger partial charge in [0.25, 0.3) is 5.91 Å². The van der Waals surface area contributed by atoms with Gasteiger partial charge in [0.15, 0.2) is 5.69 Å². The Morgan fingerprint density at radius 2 is 1.87 bits per heavy atom. The van der Waals surface area contributed by atoms with Gasteiger partial charge in [0.05, 0.1) is 18.5 Å². The molecule has 1 spiro atoms. The highest BCUT2D eigenvalue weighted by Crippen LogP contribution is 2.57. The SMILES string of the molecule is CC(=O)[N+]1(S(=O)(=O)c2cccnc2)c2ccc(C(=O)NCc3ccccc3Cl)cc2C2(CCNCC2)C1C. The summed E-state index contributed by atoms with van der Waals surface area (Å²) in [5.41, 5.74) is 1.73. The molecule has 1 fully saturated rings. The van der Waals surface area contributed by atoms with Gasteiger partial charge in [-0.15, -0.1) is 3.89 Å². The zero-order valence-corrected chi connectivity index (χ0v) is 22.8. The average molecular weight is 554 g/mol. The van der Waals surface area contributed by atoms with Crippen molar-refractivity contribution in [2.75, 3.05) is 13.1 Å². The maximum atomic E-state index is 14.3. The molecular formula is C28H30ClN4O4S+. The van der Waals surface area contributed by atoms with Crippen LogP contribution in [0.25, 0.3) is 0 Å². The number of amides is 2. The van der Waals surface area contributed by atoms with Gasteiger partial charge in [0.2, 0.25) is 0 Å². The van der Waals surface area contributed by atoms with Crippen LogP contribution in [0.2, 0.25) is 5.02 Å². The van der Waals surface area contributed by atoms with Crippen molar-refractivity contribution in [2.45, 2.75) is 49.6 Å². The van der Waals surface area contributed by atoms with Crippen LogP contribution in [0.1, 0.15) is 48.2 Å². The van der Waals surface area contributed by atoms with Gasteiger partial charge >= 0.3 is 15.9 Å². The minimum absolute atomic E-state index is 0.0134. The number of carbonyl (C=O) groups is 2. The van der Waals surface area contributed by atoms with Gasteiger partial charge < -0.3 is 10.6 Å².